The third-order valence-electron chi connectivity index (χ3n) is 3.97. The van der Waals surface area contributed by atoms with E-state index in [-0.39, 0.29) is 5.91 Å². The van der Waals surface area contributed by atoms with Crippen molar-refractivity contribution in [3.63, 3.8) is 0 Å². The van der Waals surface area contributed by atoms with Gasteiger partial charge in [-0.05, 0) is 31.2 Å². The number of pyridine rings is 1. The van der Waals surface area contributed by atoms with Gasteiger partial charge in [0.25, 0.3) is 5.91 Å². The maximum absolute atomic E-state index is 12.8. The van der Waals surface area contributed by atoms with E-state index < -0.39 is 0 Å². The number of fused-ring (bicyclic) bond motifs is 1. The van der Waals surface area contributed by atoms with Gasteiger partial charge in [-0.1, -0.05) is 42.0 Å². The smallest absolute Gasteiger partial charge is 0.267 e. The standard InChI is InChI=1S/C20H15N3O/c1-14-6-4-7-15(12-14)19-13-17(20(24)23-11-5-10-21-23)16-8-2-3-9-18(16)22-19/h2-13H,1H3. The van der Waals surface area contributed by atoms with Crippen LogP contribution in [0, 0.1) is 6.92 Å². The molecule has 24 heavy (non-hydrogen) atoms. The largest absolute Gasteiger partial charge is 0.278 e. The minimum atomic E-state index is -0.160. The van der Waals surface area contributed by atoms with Crippen LogP contribution in [0.1, 0.15) is 15.9 Å². The van der Waals surface area contributed by atoms with Crippen LogP contribution in [0.3, 0.4) is 0 Å². The molecule has 0 saturated carbocycles. The predicted octanol–water partition coefficient (Wildman–Crippen LogP) is 4.10. The highest BCUT2D eigenvalue weighted by atomic mass is 16.2. The van der Waals surface area contributed by atoms with Gasteiger partial charge in [-0.15, -0.1) is 0 Å². The number of benzene rings is 2. The van der Waals surface area contributed by atoms with Gasteiger partial charge in [0.1, 0.15) is 0 Å². The summed E-state index contributed by atoms with van der Waals surface area (Å²) in [4.78, 5) is 17.6. The summed E-state index contributed by atoms with van der Waals surface area (Å²) in [6, 6.07) is 19.4. The van der Waals surface area contributed by atoms with Gasteiger partial charge >= 0.3 is 0 Å². The maximum Gasteiger partial charge on any atom is 0.278 e. The fourth-order valence-corrected chi connectivity index (χ4v) is 2.82. The van der Waals surface area contributed by atoms with Crippen molar-refractivity contribution in [1.29, 1.82) is 0 Å². The number of aromatic nitrogens is 3. The van der Waals surface area contributed by atoms with Crippen LogP contribution in [0.2, 0.25) is 0 Å². The van der Waals surface area contributed by atoms with Crippen LogP contribution in [0.15, 0.2) is 73.1 Å². The lowest BCUT2D eigenvalue weighted by molar-refractivity contribution is 0.0946. The van der Waals surface area contributed by atoms with E-state index in [1.807, 2.05) is 55.5 Å². The lowest BCUT2D eigenvalue weighted by atomic mass is 10.0. The van der Waals surface area contributed by atoms with Gasteiger partial charge in [0, 0.05) is 23.3 Å². The highest BCUT2D eigenvalue weighted by Gasteiger charge is 2.15. The van der Waals surface area contributed by atoms with Gasteiger partial charge in [0.15, 0.2) is 0 Å². The summed E-state index contributed by atoms with van der Waals surface area (Å²) in [6.07, 6.45) is 3.26. The maximum atomic E-state index is 12.8. The lowest BCUT2D eigenvalue weighted by Gasteiger charge is -2.09. The number of carbonyl (C=O) groups is 1. The number of nitrogens with zero attached hydrogens (tertiary/aromatic N) is 3. The molecule has 0 unspecified atom stereocenters. The molecule has 0 aliphatic carbocycles. The number of rotatable bonds is 2. The highest BCUT2D eigenvalue weighted by molar-refractivity contribution is 6.07. The Morgan fingerprint density at radius 2 is 1.88 bits per heavy atom. The molecule has 0 aliphatic heterocycles. The SMILES string of the molecule is Cc1cccc(-c2cc(C(=O)n3cccn3)c3ccccc3n2)c1. The molecule has 0 atom stereocenters. The van der Waals surface area contributed by atoms with Crippen molar-refractivity contribution >= 4 is 16.8 Å². The molecule has 4 nitrogen and oxygen atoms in total. The second kappa shape index (κ2) is 5.74. The summed E-state index contributed by atoms with van der Waals surface area (Å²) in [5.74, 6) is -0.160. The number of hydrogen-bond acceptors (Lipinski definition) is 3. The summed E-state index contributed by atoms with van der Waals surface area (Å²) in [5.41, 5.74) is 4.33. The molecule has 4 rings (SSSR count). The Kier molecular flexibility index (Phi) is 3.43. The summed E-state index contributed by atoms with van der Waals surface area (Å²) in [6.45, 7) is 2.04. The Hall–Kier alpha value is -3.27. The Morgan fingerprint density at radius 1 is 1.00 bits per heavy atom. The van der Waals surface area contributed by atoms with Crippen molar-refractivity contribution in [3.05, 3.63) is 84.2 Å². The molecule has 4 heteroatoms. The minimum absolute atomic E-state index is 0.160. The van der Waals surface area contributed by atoms with E-state index in [9.17, 15) is 4.79 Å². The summed E-state index contributed by atoms with van der Waals surface area (Å²) < 4.78 is 1.35. The molecule has 116 valence electrons. The van der Waals surface area contributed by atoms with Gasteiger partial charge in [0.05, 0.1) is 16.8 Å². The molecular weight excluding hydrogens is 298 g/mol. The van der Waals surface area contributed by atoms with Crippen molar-refractivity contribution in [2.24, 2.45) is 0 Å². The number of para-hydroxylation sites is 1. The van der Waals surface area contributed by atoms with Gasteiger partial charge in [-0.2, -0.15) is 5.10 Å². The number of carbonyl (C=O) groups excluding carboxylic acids is 1. The molecule has 0 saturated heterocycles. The van der Waals surface area contributed by atoms with Crippen LogP contribution in [-0.2, 0) is 0 Å². The molecule has 2 aromatic carbocycles. The van der Waals surface area contributed by atoms with Gasteiger partial charge in [-0.25, -0.2) is 9.67 Å². The van der Waals surface area contributed by atoms with Crippen molar-refractivity contribution in [3.8, 4) is 11.3 Å². The fraction of sp³-hybridized carbons (Fsp3) is 0.0500. The Balaban J connectivity index is 1.96. The second-order valence-electron chi connectivity index (χ2n) is 5.70. The van der Waals surface area contributed by atoms with Gasteiger partial charge in [0.2, 0.25) is 0 Å². The van der Waals surface area contributed by atoms with Crippen LogP contribution in [0.25, 0.3) is 22.2 Å². The van der Waals surface area contributed by atoms with E-state index in [0.717, 1.165) is 27.7 Å². The molecule has 0 spiro atoms. The van der Waals surface area contributed by atoms with Crippen LogP contribution in [0.5, 0.6) is 0 Å². The van der Waals surface area contributed by atoms with E-state index in [0.29, 0.717) is 5.56 Å². The highest BCUT2D eigenvalue weighted by Crippen LogP contribution is 2.26. The van der Waals surface area contributed by atoms with Crippen LogP contribution >= 0.6 is 0 Å². The van der Waals surface area contributed by atoms with E-state index in [1.165, 1.54) is 4.68 Å². The zero-order valence-electron chi connectivity index (χ0n) is 13.2. The zero-order valence-corrected chi connectivity index (χ0v) is 13.2. The molecule has 0 fully saturated rings. The van der Waals surface area contributed by atoms with Crippen LogP contribution < -0.4 is 0 Å². The molecule has 0 bridgehead atoms. The van der Waals surface area contributed by atoms with E-state index in [2.05, 4.69) is 11.2 Å². The first-order chi connectivity index (χ1) is 11.7. The third-order valence-corrected chi connectivity index (χ3v) is 3.97. The summed E-state index contributed by atoms with van der Waals surface area (Å²) in [5, 5.41) is 4.89. The van der Waals surface area contributed by atoms with E-state index >= 15 is 0 Å². The monoisotopic (exact) mass is 313 g/mol. The first kappa shape index (κ1) is 14.3. The molecule has 2 heterocycles. The molecular formula is C20H15N3O. The van der Waals surface area contributed by atoms with Crippen molar-refractivity contribution in [1.82, 2.24) is 14.8 Å². The zero-order chi connectivity index (χ0) is 16.5. The third kappa shape index (κ3) is 2.48. The molecule has 4 aromatic rings. The average molecular weight is 313 g/mol. The first-order valence-corrected chi connectivity index (χ1v) is 7.73. The van der Waals surface area contributed by atoms with E-state index in [4.69, 9.17) is 4.98 Å². The number of aryl methyl sites for hydroxylation is 1. The van der Waals surface area contributed by atoms with Crippen LogP contribution in [-0.4, -0.2) is 20.7 Å². The summed E-state index contributed by atoms with van der Waals surface area (Å²) in [7, 11) is 0. The first-order valence-electron chi connectivity index (χ1n) is 7.73. The van der Waals surface area contributed by atoms with Crippen molar-refractivity contribution in [2.45, 2.75) is 6.92 Å². The average Bonchev–Trinajstić information content (AvgIpc) is 3.15. The lowest BCUT2D eigenvalue weighted by Crippen LogP contribution is -2.13. The molecule has 0 radical (unpaired) electrons. The molecule has 0 amide bonds. The Labute approximate surface area is 139 Å². The molecule has 2 aromatic heterocycles. The van der Waals surface area contributed by atoms with Gasteiger partial charge in [-0.3, -0.25) is 4.79 Å². The Bertz CT molecular complexity index is 1040. The normalized spacial score (nSPS) is 10.9. The predicted molar refractivity (Wildman–Crippen MR) is 93.9 cm³/mol. The van der Waals surface area contributed by atoms with Crippen LogP contribution in [0.4, 0.5) is 0 Å². The topological polar surface area (TPSA) is 47.8 Å². The fourth-order valence-electron chi connectivity index (χ4n) is 2.82. The number of hydrogen-bond donors (Lipinski definition) is 0. The van der Waals surface area contributed by atoms with Crippen molar-refractivity contribution < 1.29 is 4.79 Å². The quantitative estimate of drug-likeness (QED) is 0.560. The van der Waals surface area contributed by atoms with E-state index in [1.54, 1.807) is 18.5 Å². The summed E-state index contributed by atoms with van der Waals surface area (Å²) >= 11 is 0. The van der Waals surface area contributed by atoms with Gasteiger partial charge < -0.3 is 0 Å². The molecule has 0 N–H and O–H groups in total. The molecule has 0 aliphatic rings. The van der Waals surface area contributed by atoms with Crippen molar-refractivity contribution in [2.75, 3.05) is 0 Å². The Morgan fingerprint density at radius 3 is 2.67 bits per heavy atom. The second-order valence-corrected chi connectivity index (χ2v) is 5.70. The minimum Gasteiger partial charge on any atom is -0.267 e.